The van der Waals surface area contributed by atoms with Crippen molar-refractivity contribution >= 4 is 39.2 Å². The molecule has 3 aromatic heterocycles. The van der Waals surface area contributed by atoms with Gasteiger partial charge in [0.25, 0.3) is 5.56 Å². The molecule has 0 saturated carbocycles. The average molecular weight is 466 g/mol. The summed E-state index contributed by atoms with van der Waals surface area (Å²) in [7, 11) is 0. The number of furan rings is 1. The van der Waals surface area contributed by atoms with E-state index in [1.807, 2.05) is 36.4 Å². The lowest BCUT2D eigenvalue weighted by Crippen LogP contribution is -2.26. The summed E-state index contributed by atoms with van der Waals surface area (Å²) in [6.07, 6.45) is 4.53. The smallest absolute Gasteiger partial charge is 0.263 e. The number of amides is 1. The Bertz CT molecular complexity index is 1330. The van der Waals surface area contributed by atoms with Gasteiger partial charge in [-0.2, -0.15) is 0 Å². The number of nitrogens with two attached hydrogens (primary N) is 1. The third kappa shape index (κ3) is 3.89. The Morgan fingerprint density at radius 3 is 2.84 bits per heavy atom. The van der Waals surface area contributed by atoms with Crippen LogP contribution in [-0.2, 0) is 24.2 Å². The maximum absolute atomic E-state index is 13.7. The van der Waals surface area contributed by atoms with Gasteiger partial charge in [0.2, 0.25) is 5.91 Å². The van der Waals surface area contributed by atoms with E-state index in [-0.39, 0.29) is 12.1 Å². The highest BCUT2D eigenvalue weighted by Crippen LogP contribution is 2.39. The van der Waals surface area contributed by atoms with Gasteiger partial charge in [-0.15, -0.1) is 11.3 Å². The van der Waals surface area contributed by atoms with Crippen LogP contribution in [0.1, 0.15) is 40.4 Å². The summed E-state index contributed by atoms with van der Waals surface area (Å²) in [6.45, 7) is 2.49. The molecular weight excluding hydrogens is 442 g/mol. The molecule has 1 aliphatic carbocycles. The first kappa shape index (κ1) is 21.0. The number of aromatic nitrogens is 2. The van der Waals surface area contributed by atoms with Gasteiger partial charge in [0, 0.05) is 4.88 Å². The molecule has 2 unspecified atom stereocenters. The second-order valence-corrected chi connectivity index (χ2v) is 10.4. The van der Waals surface area contributed by atoms with Crippen LogP contribution in [0.5, 0.6) is 0 Å². The van der Waals surface area contributed by atoms with Crippen molar-refractivity contribution in [1.29, 1.82) is 0 Å². The van der Waals surface area contributed by atoms with Gasteiger partial charge in [-0.05, 0) is 48.4 Å². The lowest BCUT2D eigenvalue weighted by Gasteiger charge is -2.18. The minimum absolute atomic E-state index is 0.0859. The van der Waals surface area contributed by atoms with Gasteiger partial charge in [0.15, 0.2) is 5.16 Å². The lowest BCUT2D eigenvalue weighted by molar-refractivity contribution is -0.117. The van der Waals surface area contributed by atoms with Gasteiger partial charge in [-0.1, -0.05) is 49.0 Å². The van der Waals surface area contributed by atoms with Gasteiger partial charge in [-0.25, -0.2) is 4.98 Å². The van der Waals surface area contributed by atoms with Gasteiger partial charge < -0.3 is 10.2 Å². The second kappa shape index (κ2) is 8.60. The minimum Gasteiger partial charge on any atom is -0.467 e. The molecule has 0 aliphatic heterocycles. The molecule has 1 amide bonds. The number of nitrogens with zero attached hydrogens (tertiary/aromatic N) is 2. The predicted molar refractivity (Wildman–Crippen MR) is 127 cm³/mol. The monoisotopic (exact) mass is 465 g/mol. The van der Waals surface area contributed by atoms with E-state index in [0.717, 1.165) is 35.2 Å². The van der Waals surface area contributed by atoms with Crippen molar-refractivity contribution in [3.63, 3.8) is 0 Å². The number of rotatable bonds is 6. The zero-order valence-corrected chi connectivity index (χ0v) is 19.2. The van der Waals surface area contributed by atoms with Gasteiger partial charge >= 0.3 is 0 Å². The summed E-state index contributed by atoms with van der Waals surface area (Å²) >= 11 is 2.82. The van der Waals surface area contributed by atoms with Crippen LogP contribution in [0.25, 0.3) is 10.2 Å². The van der Waals surface area contributed by atoms with E-state index in [1.165, 1.54) is 16.6 Å². The number of hydrogen-bond donors (Lipinski definition) is 1. The Morgan fingerprint density at radius 1 is 1.31 bits per heavy atom. The lowest BCUT2D eigenvalue weighted by atomic mass is 9.89. The molecule has 0 saturated heterocycles. The number of hydrogen-bond acceptors (Lipinski definition) is 6. The molecular formula is C24H23N3O3S2. The van der Waals surface area contributed by atoms with Crippen LogP contribution in [0.4, 0.5) is 0 Å². The molecule has 5 rings (SSSR count). The molecule has 4 aromatic rings. The van der Waals surface area contributed by atoms with Crippen LogP contribution in [0.3, 0.4) is 0 Å². The van der Waals surface area contributed by atoms with E-state index < -0.39 is 11.2 Å². The topological polar surface area (TPSA) is 91.1 Å². The number of carbonyl (C=O) groups excluding carboxylic acids is 1. The molecule has 3 heterocycles. The van der Waals surface area contributed by atoms with E-state index >= 15 is 0 Å². The highest BCUT2D eigenvalue weighted by Gasteiger charge is 2.27. The van der Waals surface area contributed by atoms with Gasteiger partial charge in [0.1, 0.15) is 15.8 Å². The number of thiophene rings is 1. The minimum atomic E-state index is -0.655. The van der Waals surface area contributed by atoms with Gasteiger partial charge in [-0.3, -0.25) is 14.2 Å². The quantitative estimate of drug-likeness (QED) is 0.333. The third-order valence-electron chi connectivity index (χ3n) is 5.86. The zero-order chi connectivity index (χ0) is 22.2. The number of carbonyl (C=O) groups is 1. The summed E-state index contributed by atoms with van der Waals surface area (Å²) in [4.78, 5) is 33.0. The first-order valence-electron chi connectivity index (χ1n) is 10.6. The van der Waals surface area contributed by atoms with Crippen molar-refractivity contribution in [3.05, 3.63) is 80.8 Å². The van der Waals surface area contributed by atoms with Crippen molar-refractivity contribution in [1.82, 2.24) is 9.55 Å². The van der Waals surface area contributed by atoms with Crippen molar-refractivity contribution < 1.29 is 9.21 Å². The second-order valence-electron chi connectivity index (χ2n) is 8.21. The Hall–Kier alpha value is -2.84. The van der Waals surface area contributed by atoms with Crippen LogP contribution in [0.15, 0.2) is 63.1 Å². The largest absolute Gasteiger partial charge is 0.467 e. The Kier molecular flexibility index (Phi) is 5.65. The zero-order valence-electron chi connectivity index (χ0n) is 17.6. The van der Waals surface area contributed by atoms with Crippen molar-refractivity contribution in [2.45, 2.75) is 43.1 Å². The van der Waals surface area contributed by atoms with Crippen LogP contribution >= 0.6 is 23.1 Å². The molecule has 0 bridgehead atoms. The molecule has 164 valence electrons. The van der Waals surface area contributed by atoms with E-state index in [1.54, 1.807) is 28.2 Å². The summed E-state index contributed by atoms with van der Waals surface area (Å²) in [5.41, 5.74) is 7.59. The van der Waals surface area contributed by atoms with E-state index in [0.29, 0.717) is 22.2 Å². The fourth-order valence-electron chi connectivity index (χ4n) is 4.22. The van der Waals surface area contributed by atoms with E-state index in [4.69, 9.17) is 15.1 Å². The van der Waals surface area contributed by atoms with Crippen LogP contribution in [-0.4, -0.2) is 15.5 Å². The fourth-order valence-corrected chi connectivity index (χ4v) is 6.69. The maximum Gasteiger partial charge on any atom is 0.263 e. The molecule has 8 heteroatoms. The summed E-state index contributed by atoms with van der Waals surface area (Å²) in [5, 5.41) is 0.527. The van der Waals surface area contributed by atoms with Crippen molar-refractivity contribution in [2.75, 3.05) is 0 Å². The molecule has 0 spiro atoms. The molecule has 2 atom stereocenters. The molecule has 1 aliphatic rings. The molecule has 2 N–H and O–H groups in total. The molecule has 6 nitrogen and oxygen atoms in total. The third-order valence-corrected chi connectivity index (χ3v) is 8.27. The van der Waals surface area contributed by atoms with E-state index in [2.05, 4.69) is 6.92 Å². The summed E-state index contributed by atoms with van der Waals surface area (Å²) < 4.78 is 7.14. The van der Waals surface area contributed by atoms with Crippen molar-refractivity contribution in [3.8, 4) is 0 Å². The molecule has 0 fully saturated rings. The average Bonchev–Trinajstić information content (AvgIpc) is 3.41. The standard InChI is InChI=1S/C24H23N3O3S2/c1-14-9-10-17-18(12-14)31-22-19(17)23(29)27(13-16-8-5-11-30-16)24(26-22)32-20(21(25)28)15-6-3-2-4-7-15/h2-8,11,14,20H,9-10,12-13H2,1H3,(H2,25,28). The first-order valence-corrected chi connectivity index (χ1v) is 12.3. The normalized spacial score (nSPS) is 16.7. The maximum atomic E-state index is 13.7. The summed E-state index contributed by atoms with van der Waals surface area (Å²) in [6, 6.07) is 13.0. The predicted octanol–water partition coefficient (Wildman–Crippen LogP) is 4.54. The molecule has 0 radical (unpaired) electrons. The van der Waals surface area contributed by atoms with E-state index in [9.17, 15) is 9.59 Å². The van der Waals surface area contributed by atoms with Crippen LogP contribution in [0, 0.1) is 5.92 Å². The summed E-state index contributed by atoms with van der Waals surface area (Å²) in [5.74, 6) is 0.787. The molecule has 32 heavy (non-hydrogen) atoms. The van der Waals surface area contributed by atoms with Gasteiger partial charge in [0.05, 0.1) is 18.2 Å². The van der Waals surface area contributed by atoms with Crippen molar-refractivity contribution in [2.24, 2.45) is 11.7 Å². The van der Waals surface area contributed by atoms with Crippen LogP contribution < -0.4 is 11.3 Å². The van der Waals surface area contributed by atoms with Crippen LogP contribution in [0.2, 0.25) is 0 Å². The SMILES string of the molecule is CC1CCc2c(sc3nc(SC(C(N)=O)c4ccccc4)n(Cc4ccco4)c(=O)c23)C1. The highest BCUT2D eigenvalue weighted by molar-refractivity contribution is 8.00. The molecule has 1 aromatic carbocycles. The number of primary amides is 1. The number of fused-ring (bicyclic) bond motifs is 3. The Balaban J connectivity index is 1.66. The fraction of sp³-hybridized carbons (Fsp3) is 0.292. The Labute approximate surface area is 193 Å². The number of aryl methyl sites for hydroxylation is 1. The number of benzene rings is 1. The number of thioether (sulfide) groups is 1. The highest BCUT2D eigenvalue weighted by atomic mass is 32.2. The first-order chi connectivity index (χ1) is 15.5. The Morgan fingerprint density at radius 2 is 2.12 bits per heavy atom.